The zero-order valence-electron chi connectivity index (χ0n) is 31.5. The molecular formula is C49H44N5+. The van der Waals surface area contributed by atoms with E-state index in [2.05, 4.69) is 217 Å². The first-order valence-electron chi connectivity index (χ1n) is 18.8. The number of imidazole rings is 1. The Hall–Kier alpha value is -6.46. The summed E-state index contributed by atoms with van der Waals surface area (Å²) in [6, 6.07) is 56.8. The van der Waals surface area contributed by atoms with Crippen molar-refractivity contribution in [2.45, 2.75) is 46.1 Å². The first-order chi connectivity index (χ1) is 26.3. The van der Waals surface area contributed by atoms with Crippen LogP contribution in [0.15, 0.2) is 170 Å². The molecule has 0 aliphatic heterocycles. The minimum Gasteiger partial charge on any atom is -0.309 e. The van der Waals surface area contributed by atoms with Crippen LogP contribution < -0.4 is 4.90 Å². The Balaban J connectivity index is 1.23. The molecule has 3 aromatic heterocycles. The predicted molar refractivity (Wildman–Crippen MR) is 227 cm³/mol. The van der Waals surface area contributed by atoms with Gasteiger partial charge in [0.05, 0.1) is 22.3 Å². The second-order valence-corrected chi connectivity index (χ2v) is 15.4. The van der Waals surface area contributed by atoms with Gasteiger partial charge in [-0.2, -0.15) is 4.57 Å². The maximum Gasteiger partial charge on any atom is 0.191 e. The monoisotopic (exact) mass is 702 g/mol. The van der Waals surface area contributed by atoms with Crippen molar-refractivity contribution < 1.29 is 0 Å². The molecule has 0 aliphatic rings. The van der Waals surface area contributed by atoms with Gasteiger partial charge in [0.15, 0.2) is 17.4 Å². The van der Waals surface area contributed by atoms with Crippen molar-refractivity contribution in [3.63, 3.8) is 0 Å². The van der Waals surface area contributed by atoms with Gasteiger partial charge in [-0.1, -0.05) is 80.6 Å². The summed E-state index contributed by atoms with van der Waals surface area (Å²) in [6.07, 6.45) is 4.18. The van der Waals surface area contributed by atoms with Crippen molar-refractivity contribution in [2.24, 2.45) is 0 Å². The molecule has 0 saturated heterocycles. The lowest BCUT2D eigenvalue weighted by Crippen LogP contribution is -2.20. The first-order valence-corrected chi connectivity index (χ1v) is 18.8. The molecule has 0 radical (unpaired) electrons. The van der Waals surface area contributed by atoms with Crippen LogP contribution in [0, 0.1) is 0 Å². The summed E-state index contributed by atoms with van der Waals surface area (Å²) >= 11 is 0. The number of aromatic nitrogens is 4. The van der Waals surface area contributed by atoms with Crippen LogP contribution in [0.5, 0.6) is 0 Å². The Morgan fingerprint density at radius 2 is 1.24 bits per heavy atom. The molecule has 0 fully saturated rings. The highest BCUT2D eigenvalue weighted by Crippen LogP contribution is 2.41. The number of anilines is 3. The molecule has 0 bridgehead atoms. The molecule has 0 saturated carbocycles. The lowest BCUT2D eigenvalue weighted by Gasteiger charge is -2.25. The normalized spacial score (nSPS) is 12.0. The number of benzene rings is 6. The summed E-state index contributed by atoms with van der Waals surface area (Å²) in [5, 5.41) is 2.39. The van der Waals surface area contributed by atoms with E-state index < -0.39 is 0 Å². The molecule has 0 amide bonds. The number of nitrogens with zero attached hydrogens (tertiary/aromatic N) is 5. The van der Waals surface area contributed by atoms with Gasteiger partial charge in [0.1, 0.15) is 11.5 Å². The van der Waals surface area contributed by atoms with E-state index in [0.29, 0.717) is 5.92 Å². The van der Waals surface area contributed by atoms with Gasteiger partial charge < -0.3 is 4.90 Å². The van der Waals surface area contributed by atoms with Crippen molar-refractivity contribution in [1.29, 1.82) is 0 Å². The Kier molecular flexibility index (Phi) is 8.15. The third-order valence-corrected chi connectivity index (χ3v) is 10.5. The number of para-hydroxylation sites is 4. The smallest absolute Gasteiger partial charge is 0.191 e. The fraction of sp³-hybridized carbons (Fsp3) is 0.143. The highest BCUT2D eigenvalue weighted by atomic mass is 15.2. The van der Waals surface area contributed by atoms with Gasteiger partial charge >= 0.3 is 0 Å². The fourth-order valence-corrected chi connectivity index (χ4v) is 7.97. The Labute approximate surface area is 317 Å². The topological polar surface area (TPSA) is 30.9 Å². The highest BCUT2D eigenvalue weighted by molar-refractivity contribution is 6.10. The minimum absolute atomic E-state index is 0.0708. The molecule has 9 aromatic rings. The molecule has 0 unspecified atom stereocenters. The van der Waals surface area contributed by atoms with E-state index >= 15 is 0 Å². The Morgan fingerprint density at radius 3 is 2.04 bits per heavy atom. The van der Waals surface area contributed by atoms with Crippen molar-refractivity contribution in [2.75, 3.05) is 4.90 Å². The van der Waals surface area contributed by atoms with Crippen molar-refractivity contribution in [1.82, 2.24) is 18.7 Å². The van der Waals surface area contributed by atoms with E-state index in [1.807, 2.05) is 6.20 Å². The van der Waals surface area contributed by atoms with Crippen LogP contribution in [0.4, 0.5) is 17.1 Å². The third-order valence-electron chi connectivity index (χ3n) is 10.5. The van der Waals surface area contributed by atoms with Crippen molar-refractivity contribution >= 4 is 49.9 Å². The quantitative estimate of drug-likeness (QED) is 0.155. The fourth-order valence-electron chi connectivity index (χ4n) is 7.97. The van der Waals surface area contributed by atoms with Gasteiger partial charge in [-0.15, -0.1) is 0 Å². The summed E-state index contributed by atoms with van der Waals surface area (Å²) < 4.78 is 7.00. The van der Waals surface area contributed by atoms with E-state index in [-0.39, 0.29) is 5.54 Å². The van der Waals surface area contributed by atoms with Gasteiger partial charge in [-0.3, -0.25) is 4.57 Å². The maximum atomic E-state index is 5.01. The number of fused-ring (bicyclic) bond motifs is 4. The molecule has 5 heteroatoms. The molecule has 0 aliphatic carbocycles. The average molecular weight is 703 g/mol. The van der Waals surface area contributed by atoms with E-state index in [9.17, 15) is 0 Å². The van der Waals surface area contributed by atoms with Gasteiger partial charge in [-0.05, 0) is 110 Å². The Bertz CT molecular complexity index is 2800. The zero-order valence-corrected chi connectivity index (χ0v) is 31.5. The van der Waals surface area contributed by atoms with Crippen LogP contribution in [0.1, 0.15) is 46.1 Å². The minimum atomic E-state index is -0.0708. The summed E-state index contributed by atoms with van der Waals surface area (Å²) in [5.74, 6) is 1.31. The second-order valence-electron chi connectivity index (χ2n) is 15.4. The standard InChI is InChI=1S/C49H44N5/c1-34(2)40-20-9-10-21-41(40)35-28-29-50-48(30-35)54-44-23-12-11-22-42(44)43-27-26-39(32-47(43)54)53(36-16-7-6-8-17-36)38-19-15-18-37(31-38)51-33-52(49(3,4)5)46-25-14-13-24-45(46)51/h6-34H,1-5H3/q+1. The summed E-state index contributed by atoms with van der Waals surface area (Å²) in [4.78, 5) is 7.37. The summed E-state index contributed by atoms with van der Waals surface area (Å²) in [6.45, 7) is 11.3. The van der Waals surface area contributed by atoms with E-state index in [1.54, 1.807) is 0 Å². The molecule has 54 heavy (non-hydrogen) atoms. The third kappa shape index (κ3) is 5.73. The number of rotatable bonds is 7. The highest BCUT2D eigenvalue weighted by Gasteiger charge is 2.25. The molecule has 0 spiro atoms. The van der Waals surface area contributed by atoms with Crippen molar-refractivity contribution in [3.8, 4) is 22.6 Å². The summed E-state index contributed by atoms with van der Waals surface area (Å²) in [5.41, 5.74) is 12.6. The first kappa shape index (κ1) is 33.4. The average Bonchev–Trinajstić information content (AvgIpc) is 3.75. The molecule has 6 aromatic carbocycles. The lowest BCUT2D eigenvalue weighted by atomic mass is 9.93. The van der Waals surface area contributed by atoms with Crippen LogP contribution in [0.25, 0.3) is 55.5 Å². The molecule has 5 nitrogen and oxygen atoms in total. The predicted octanol–water partition coefficient (Wildman–Crippen LogP) is 13.2. The van der Waals surface area contributed by atoms with Crippen LogP contribution in [0.3, 0.4) is 0 Å². The molecule has 0 atom stereocenters. The molecular weight excluding hydrogens is 659 g/mol. The summed E-state index contributed by atoms with van der Waals surface area (Å²) in [7, 11) is 0. The number of hydrogen-bond donors (Lipinski definition) is 0. The van der Waals surface area contributed by atoms with Crippen LogP contribution in [-0.2, 0) is 5.54 Å². The number of pyridine rings is 1. The second kappa shape index (κ2) is 13.2. The SMILES string of the molecule is CC(C)c1ccccc1-c1ccnc(-n2c3ccccc3c3ccc(N(c4ccccc4)c4cccc(-n5[cH+]n(C(C)(C)C)c6ccccc65)c4)cc32)c1. The van der Waals surface area contributed by atoms with Gasteiger partial charge in [0.25, 0.3) is 0 Å². The van der Waals surface area contributed by atoms with Gasteiger partial charge in [-0.25, -0.2) is 9.55 Å². The lowest BCUT2D eigenvalue weighted by molar-refractivity contribution is 0.406. The van der Waals surface area contributed by atoms with E-state index in [0.717, 1.165) is 39.6 Å². The zero-order chi connectivity index (χ0) is 37.0. The van der Waals surface area contributed by atoms with Gasteiger partial charge in [0, 0.05) is 52.6 Å². The number of hydrogen-bond acceptors (Lipinski definition) is 2. The molecule has 9 rings (SSSR count). The molecule has 0 N–H and O–H groups in total. The van der Waals surface area contributed by atoms with Crippen molar-refractivity contribution in [3.05, 3.63) is 176 Å². The van der Waals surface area contributed by atoms with Crippen LogP contribution in [-0.4, -0.2) is 18.7 Å². The van der Waals surface area contributed by atoms with Gasteiger partial charge in [0.2, 0.25) is 0 Å². The molecule has 264 valence electrons. The maximum absolute atomic E-state index is 5.01. The van der Waals surface area contributed by atoms with Crippen LogP contribution >= 0.6 is 0 Å². The van der Waals surface area contributed by atoms with E-state index in [4.69, 9.17) is 4.98 Å². The largest absolute Gasteiger partial charge is 0.309 e. The van der Waals surface area contributed by atoms with E-state index in [1.165, 1.54) is 38.5 Å². The Morgan fingerprint density at radius 1 is 0.574 bits per heavy atom. The van der Waals surface area contributed by atoms with Crippen LogP contribution in [0.2, 0.25) is 0 Å². The molecule has 3 heterocycles.